The molecule has 0 atom stereocenters. The van der Waals surface area contributed by atoms with Crippen LogP contribution in [0.3, 0.4) is 0 Å². The number of benzene rings is 2. The molecule has 0 aliphatic carbocycles. The molecule has 35 heavy (non-hydrogen) atoms. The summed E-state index contributed by atoms with van der Waals surface area (Å²) in [7, 11) is 1.64. The molecule has 0 unspecified atom stereocenters. The summed E-state index contributed by atoms with van der Waals surface area (Å²) in [6, 6.07) is 12.3. The fraction of sp³-hybridized carbons (Fsp3) is 0.333. The normalized spacial score (nSPS) is 14.6. The van der Waals surface area contributed by atoms with Crippen LogP contribution in [0.15, 0.2) is 57.9 Å². The molecule has 1 aliphatic rings. The summed E-state index contributed by atoms with van der Waals surface area (Å²) in [5, 5.41) is 11.2. The molecule has 2 N–H and O–H groups in total. The summed E-state index contributed by atoms with van der Waals surface area (Å²) in [6.45, 7) is 4.84. The Balaban J connectivity index is 1.13. The van der Waals surface area contributed by atoms with Crippen LogP contribution in [0.2, 0.25) is 0 Å². The summed E-state index contributed by atoms with van der Waals surface area (Å²) >= 11 is 0. The maximum Gasteiger partial charge on any atom is 0.336 e. The maximum atomic E-state index is 11.5. The second kappa shape index (κ2) is 9.84. The lowest BCUT2D eigenvalue weighted by atomic mass is 10.1. The summed E-state index contributed by atoms with van der Waals surface area (Å²) in [4.78, 5) is 30.7. The molecule has 0 spiro atoms. The zero-order chi connectivity index (χ0) is 24.4. The van der Waals surface area contributed by atoms with Gasteiger partial charge in [-0.3, -0.25) is 4.90 Å². The fourth-order valence-corrected chi connectivity index (χ4v) is 4.88. The van der Waals surface area contributed by atoms with Crippen molar-refractivity contribution in [2.45, 2.75) is 19.3 Å². The highest BCUT2D eigenvalue weighted by atomic mass is 16.5. The van der Waals surface area contributed by atoms with Gasteiger partial charge >= 0.3 is 11.6 Å². The number of H-pyrrole nitrogens is 1. The van der Waals surface area contributed by atoms with Crippen molar-refractivity contribution in [3.63, 3.8) is 0 Å². The van der Waals surface area contributed by atoms with Crippen molar-refractivity contribution in [3.05, 3.63) is 70.2 Å². The minimum absolute atomic E-state index is 0.304. The third kappa shape index (κ3) is 4.88. The third-order valence-electron chi connectivity index (χ3n) is 6.82. The van der Waals surface area contributed by atoms with Crippen LogP contribution in [0.25, 0.3) is 21.9 Å². The largest absolute Gasteiger partial charge is 0.494 e. The van der Waals surface area contributed by atoms with E-state index in [0.717, 1.165) is 79.7 Å². The minimum atomic E-state index is -0.907. The SMILES string of the molecule is COc1cc2oc(=O)ccc2cc1N1CCN(CCCCc2c[nH]c3cc(C(=O)O)ccc23)CC1. The molecule has 0 amide bonds. The number of ether oxygens (including phenoxy) is 1. The van der Waals surface area contributed by atoms with Crippen LogP contribution in [0.5, 0.6) is 5.75 Å². The van der Waals surface area contributed by atoms with E-state index in [4.69, 9.17) is 14.3 Å². The number of aromatic amines is 1. The van der Waals surface area contributed by atoms with Crippen LogP contribution in [0, 0.1) is 0 Å². The molecule has 8 nitrogen and oxygen atoms in total. The van der Waals surface area contributed by atoms with Gasteiger partial charge in [-0.2, -0.15) is 0 Å². The maximum absolute atomic E-state index is 11.5. The molecule has 3 heterocycles. The quantitative estimate of drug-likeness (QED) is 0.292. The van der Waals surface area contributed by atoms with Crippen molar-refractivity contribution in [2.24, 2.45) is 0 Å². The number of piperazine rings is 1. The predicted molar refractivity (Wildman–Crippen MR) is 136 cm³/mol. The van der Waals surface area contributed by atoms with Crippen molar-refractivity contribution in [2.75, 3.05) is 44.7 Å². The highest BCUT2D eigenvalue weighted by Gasteiger charge is 2.20. The van der Waals surface area contributed by atoms with Crippen molar-refractivity contribution < 1.29 is 19.1 Å². The average molecular weight is 476 g/mol. The zero-order valence-corrected chi connectivity index (χ0v) is 19.8. The topological polar surface area (TPSA) is 99.0 Å². The number of nitrogens with zero attached hydrogens (tertiary/aromatic N) is 2. The van der Waals surface area contributed by atoms with E-state index in [1.54, 1.807) is 31.4 Å². The van der Waals surface area contributed by atoms with E-state index in [1.165, 1.54) is 11.6 Å². The standard InChI is InChI=1S/C27H29N3O5/c1-34-25-16-24-18(6-8-26(31)35-24)15-23(25)30-12-10-29(11-13-30)9-3-2-4-20-17-28-22-14-19(27(32)33)5-7-21(20)22/h5-8,14-17,28H,2-4,9-13H2,1H3,(H,32,33). The Morgan fingerprint density at radius 1 is 1.09 bits per heavy atom. The minimum Gasteiger partial charge on any atom is -0.494 e. The van der Waals surface area contributed by atoms with Gasteiger partial charge in [-0.05, 0) is 55.6 Å². The van der Waals surface area contributed by atoms with Crippen LogP contribution in [0.4, 0.5) is 5.69 Å². The molecular formula is C27H29N3O5. The second-order valence-electron chi connectivity index (χ2n) is 8.98. The molecule has 4 aromatic rings. The average Bonchev–Trinajstić information content (AvgIpc) is 3.28. The van der Waals surface area contributed by atoms with Gasteiger partial charge in [0.1, 0.15) is 11.3 Å². The predicted octanol–water partition coefficient (Wildman–Crippen LogP) is 4.13. The van der Waals surface area contributed by atoms with Crippen LogP contribution in [-0.2, 0) is 6.42 Å². The Bertz CT molecular complexity index is 1420. The van der Waals surface area contributed by atoms with Crippen molar-refractivity contribution in [1.29, 1.82) is 0 Å². The monoisotopic (exact) mass is 475 g/mol. The van der Waals surface area contributed by atoms with Crippen molar-refractivity contribution in [1.82, 2.24) is 9.88 Å². The Morgan fingerprint density at radius 2 is 1.91 bits per heavy atom. The first kappa shape index (κ1) is 23.0. The molecule has 0 radical (unpaired) electrons. The number of aryl methyl sites for hydroxylation is 1. The highest BCUT2D eigenvalue weighted by molar-refractivity contribution is 5.94. The first-order chi connectivity index (χ1) is 17.0. The Hall–Kier alpha value is -3.78. The third-order valence-corrected chi connectivity index (χ3v) is 6.82. The van der Waals surface area contributed by atoms with Crippen LogP contribution >= 0.6 is 0 Å². The number of carbonyl (C=O) groups is 1. The van der Waals surface area contributed by atoms with Gasteiger partial charge in [-0.15, -0.1) is 0 Å². The van der Waals surface area contributed by atoms with Gasteiger partial charge in [0.15, 0.2) is 0 Å². The lowest BCUT2D eigenvalue weighted by molar-refractivity contribution is 0.0697. The number of fused-ring (bicyclic) bond motifs is 2. The molecule has 5 rings (SSSR count). The number of carboxylic acids is 1. The zero-order valence-electron chi connectivity index (χ0n) is 19.8. The van der Waals surface area contributed by atoms with Gasteiger partial charge in [-0.25, -0.2) is 9.59 Å². The van der Waals surface area contributed by atoms with Gasteiger partial charge in [0.2, 0.25) is 0 Å². The van der Waals surface area contributed by atoms with E-state index in [1.807, 2.05) is 18.3 Å². The van der Waals surface area contributed by atoms with E-state index < -0.39 is 5.97 Å². The van der Waals surface area contributed by atoms with E-state index in [-0.39, 0.29) is 5.63 Å². The molecule has 2 aromatic heterocycles. The molecular weight excluding hydrogens is 446 g/mol. The summed E-state index contributed by atoms with van der Waals surface area (Å²) in [5.41, 5.74) is 3.62. The van der Waals surface area contributed by atoms with Gasteiger partial charge in [0, 0.05) is 60.8 Å². The molecule has 2 aromatic carbocycles. The number of aromatic carboxylic acids is 1. The van der Waals surface area contributed by atoms with E-state index in [2.05, 4.69) is 14.8 Å². The fourth-order valence-electron chi connectivity index (χ4n) is 4.88. The van der Waals surface area contributed by atoms with E-state index >= 15 is 0 Å². The number of hydrogen-bond acceptors (Lipinski definition) is 6. The second-order valence-corrected chi connectivity index (χ2v) is 8.98. The summed E-state index contributed by atoms with van der Waals surface area (Å²) < 4.78 is 10.9. The van der Waals surface area contributed by atoms with Crippen LogP contribution < -0.4 is 15.3 Å². The van der Waals surface area contributed by atoms with Crippen LogP contribution in [0.1, 0.15) is 28.8 Å². The number of hydrogen-bond donors (Lipinski definition) is 2. The summed E-state index contributed by atoms with van der Waals surface area (Å²) in [6.07, 6.45) is 5.16. The van der Waals surface area contributed by atoms with Crippen molar-refractivity contribution >= 4 is 33.5 Å². The van der Waals surface area contributed by atoms with Gasteiger partial charge in [-0.1, -0.05) is 6.07 Å². The number of aromatic nitrogens is 1. The van der Waals surface area contributed by atoms with Crippen molar-refractivity contribution in [3.8, 4) is 5.75 Å². The number of carboxylic acid groups (broad SMARTS) is 1. The molecule has 8 heteroatoms. The molecule has 1 saturated heterocycles. The Kier molecular flexibility index (Phi) is 6.46. The van der Waals surface area contributed by atoms with E-state index in [0.29, 0.717) is 11.1 Å². The number of anilines is 1. The lowest BCUT2D eigenvalue weighted by Crippen LogP contribution is -2.46. The molecule has 0 bridgehead atoms. The number of methoxy groups -OCH3 is 1. The molecule has 0 saturated carbocycles. The first-order valence-corrected chi connectivity index (χ1v) is 11.9. The number of nitrogens with one attached hydrogen (secondary N) is 1. The number of unbranched alkanes of at least 4 members (excludes halogenated alkanes) is 1. The lowest BCUT2D eigenvalue weighted by Gasteiger charge is -2.36. The smallest absolute Gasteiger partial charge is 0.336 e. The number of rotatable bonds is 8. The first-order valence-electron chi connectivity index (χ1n) is 11.9. The molecule has 1 aliphatic heterocycles. The molecule has 1 fully saturated rings. The Labute approximate surface area is 202 Å². The highest BCUT2D eigenvalue weighted by Crippen LogP contribution is 2.33. The van der Waals surface area contributed by atoms with Gasteiger partial charge < -0.3 is 24.1 Å². The summed E-state index contributed by atoms with van der Waals surface area (Å²) in [5.74, 6) is -0.190. The van der Waals surface area contributed by atoms with E-state index in [9.17, 15) is 9.59 Å². The van der Waals surface area contributed by atoms with Gasteiger partial charge in [0.05, 0.1) is 18.4 Å². The van der Waals surface area contributed by atoms with Gasteiger partial charge in [0.25, 0.3) is 0 Å². The molecule has 182 valence electrons. The Morgan fingerprint density at radius 3 is 2.69 bits per heavy atom. The van der Waals surface area contributed by atoms with Crippen LogP contribution in [-0.4, -0.2) is 60.8 Å².